The van der Waals surface area contributed by atoms with E-state index in [0.29, 0.717) is 11.2 Å². The molecule has 0 amide bonds. The van der Waals surface area contributed by atoms with Crippen LogP contribution < -0.4 is 10.9 Å². The first-order valence-electron chi connectivity index (χ1n) is 11.3. The maximum atomic E-state index is 12.6. The quantitative estimate of drug-likeness (QED) is 0.400. The monoisotopic (exact) mass is 461 g/mol. The molecule has 1 aliphatic heterocycles. The van der Waals surface area contributed by atoms with Crippen molar-refractivity contribution in [3.63, 3.8) is 0 Å². The van der Waals surface area contributed by atoms with Crippen molar-refractivity contribution in [1.82, 2.24) is 19.9 Å². The molecular formula is C25H27N5O2S. The molecule has 0 saturated carbocycles. The van der Waals surface area contributed by atoms with Crippen molar-refractivity contribution in [2.24, 2.45) is 0 Å². The number of anilines is 2. The number of H-pyrrole nitrogens is 1. The number of thiazole rings is 1. The van der Waals surface area contributed by atoms with E-state index in [4.69, 9.17) is 4.98 Å². The van der Waals surface area contributed by atoms with Crippen LogP contribution in [0, 0.1) is 6.92 Å². The molecule has 1 saturated heterocycles. The Morgan fingerprint density at radius 2 is 1.94 bits per heavy atom. The molecule has 0 radical (unpaired) electrons. The van der Waals surface area contributed by atoms with Crippen molar-refractivity contribution >= 4 is 33.6 Å². The zero-order chi connectivity index (χ0) is 22.8. The molecule has 0 spiro atoms. The summed E-state index contributed by atoms with van der Waals surface area (Å²) in [6.45, 7) is 4.89. The summed E-state index contributed by atoms with van der Waals surface area (Å²) < 4.78 is 0. The smallest absolute Gasteiger partial charge is 0.259 e. The lowest BCUT2D eigenvalue weighted by molar-refractivity contribution is 0.0832. The number of aliphatic hydroxyl groups excluding tert-OH is 1. The zero-order valence-corrected chi connectivity index (χ0v) is 19.4. The third-order valence-electron chi connectivity index (χ3n) is 6.13. The van der Waals surface area contributed by atoms with Crippen molar-refractivity contribution in [3.05, 3.63) is 68.9 Å². The van der Waals surface area contributed by atoms with Gasteiger partial charge in [0.05, 0.1) is 27.9 Å². The van der Waals surface area contributed by atoms with Crippen LogP contribution >= 0.6 is 11.3 Å². The number of aromatic nitrogens is 3. The maximum Gasteiger partial charge on any atom is 0.259 e. The van der Waals surface area contributed by atoms with E-state index in [0.717, 1.165) is 66.4 Å². The van der Waals surface area contributed by atoms with Crippen LogP contribution in [0.1, 0.15) is 23.4 Å². The Hall–Kier alpha value is -3.07. The number of benzene rings is 1. The highest BCUT2D eigenvalue weighted by Gasteiger charge is 2.16. The molecule has 33 heavy (non-hydrogen) atoms. The molecule has 4 heterocycles. The molecule has 4 aromatic rings. The van der Waals surface area contributed by atoms with Crippen LogP contribution in [0.15, 0.2) is 52.8 Å². The van der Waals surface area contributed by atoms with Gasteiger partial charge in [0.1, 0.15) is 5.82 Å². The van der Waals surface area contributed by atoms with E-state index in [1.807, 2.05) is 36.6 Å². The van der Waals surface area contributed by atoms with Gasteiger partial charge in [0, 0.05) is 36.9 Å². The van der Waals surface area contributed by atoms with E-state index in [1.165, 1.54) is 5.56 Å². The van der Waals surface area contributed by atoms with Gasteiger partial charge in [0.25, 0.3) is 5.56 Å². The number of pyridine rings is 2. The molecule has 0 aliphatic carbocycles. The summed E-state index contributed by atoms with van der Waals surface area (Å²) in [4.78, 5) is 27.1. The molecule has 1 fully saturated rings. The number of piperidine rings is 1. The van der Waals surface area contributed by atoms with Gasteiger partial charge in [-0.2, -0.15) is 0 Å². The average Bonchev–Trinajstić information content (AvgIpc) is 3.26. The fourth-order valence-electron chi connectivity index (χ4n) is 4.24. The molecular weight excluding hydrogens is 434 g/mol. The zero-order valence-electron chi connectivity index (χ0n) is 18.5. The Morgan fingerprint density at radius 1 is 1.15 bits per heavy atom. The van der Waals surface area contributed by atoms with Crippen LogP contribution in [0.3, 0.4) is 0 Å². The van der Waals surface area contributed by atoms with Crippen LogP contribution in [0.25, 0.3) is 22.2 Å². The van der Waals surface area contributed by atoms with E-state index in [9.17, 15) is 9.90 Å². The lowest BCUT2D eigenvalue weighted by atomic mass is 10.1. The third kappa shape index (κ3) is 4.98. The topological polar surface area (TPSA) is 94.1 Å². The first-order valence-corrected chi connectivity index (χ1v) is 12.1. The van der Waals surface area contributed by atoms with Gasteiger partial charge in [-0.05, 0) is 61.4 Å². The lowest BCUT2D eigenvalue weighted by Crippen LogP contribution is -2.37. The average molecular weight is 462 g/mol. The van der Waals surface area contributed by atoms with Gasteiger partial charge in [-0.3, -0.25) is 4.79 Å². The Labute approximate surface area is 196 Å². The molecule has 1 aromatic carbocycles. The second-order valence-electron chi connectivity index (χ2n) is 8.52. The van der Waals surface area contributed by atoms with Gasteiger partial charge in [-0.15, -0.1) is 11.3 Å². The van der Waals surface area contributed by atoms with Gasteiger partial charge in [0.15, 0.2) is 0 Å². The summed E-state index contributed by atoms with van der Waals surface area (Å²) in [6.07, 6.45) is 4.21. The Bertz CT molecular complexity index is 1310. The van der Waals surface area contributed by atoms with Crippen LogP contribution in [0.5, 0.6) is 0 Å². The first kappa shape index (κ1) is 21.8. The number of aromatic amines is 1. The number of nitrogens with zero attached hydrogens (tertiary/aromatic N) is 3. The van der Waals surface area contributed by atoms with Crippen molar-refractivity contribution < 1.29 is 5.11 Å². The molecule has 5 rings (SSSR count). The summed E-state index contributed by atoms with van der Waals surface area (Å²) in [6, 6.07) is 12.1. The minimum atomic E-state index is -0.174. The SMILES string of the molecule is Cc1nc(-c2cc3cc[nH]c(=O)c3c(Nc3ccc(CCN4CCC(O)CC4)cc3)n2)cs1. The molecule has 3 N–H and O–H groups in total. The minimum Gasteiger partial charge on any atom is -0.393 e. The van der Waals surface area contributed by atoms with Crippen molar-refractivity contribution in [3.8, 4) is 11.4 Å². The Balaban J connectivity index is 1.36. The molecule has 0 atom stereocenters. The fourth-order valence-corrected chi connectivity index (χ4v) is 4.85. The number of hydrogen-bond acceptors (Lipinski definition) is 7. The van der Waals surface area contributed by atoms with E-state index in [1.54, 1.807) is 17.5 Å². The molecule has 0 bridgehead atoms. The molecule has 3 aromatic heterocycles. The highest BCUT2D eigenvalue weighted by Crippen LogP contribution is 2.28. The van der Waals surface area contributed by atoms with Crippen molar-refractivity contribution in [2.45, 2.75) is 32.3 Å². The maximum absolute atomic E-state index is 12.6. The predicted molar refractivity (Wildman–Crippen MR) is 133 cm³/mol. The molecule has 8 heteroatoms. The van der Waals surface area contributed by atoms with Gasteiger partial charge in [0.2, 0.25) is 0 Å². The summed E-state index contributed by atoms with van der Waals surface area (Å²) >= 11 is 1.58. The largest absolute Gasteiger partial charge is 0.393 e. The number of aliphatic hydroxyl groups is 1. The molecule has 7 nitrogen and oxygen atoms in total. The van der Waals surface area contributed by atoms with E-state index < -0.39 is 0 Å². The highest BCUT2D eigenvalue weighted by molar-refractivity contribution is 7.09. The Morgan fingerprint density at radius 3 is 2.67 bits per heavy atom. The van der Waals surface area contributed by atoms with E-state index in [-0.39, 0.29) is 11.7 Å². The van der Waals surface area contributed by atoms with Gasteiger partial charge >= 0.3 is 0 Å². The fraction of sp³-hybridized carbons (Fsp3) is 0.320. The van der Waals surface area contributed by atoms with Gasteiger partial charge in [-0.1, -0.05) is 12.1 Å². The molecule has 170 valence electrons. The number of aryl methyl sites for hydroxylation is 1. The third-order valence-corrected chi connectivity index (χ3v) is 6.90. The molecule has 1 aliphatic rings. The number of nitrogens with one attached hydrogen (secondary N) is 2. The predicted octanol–water partition coefficient (Wildman–Crippen LogP) is 4.10. The normalized spacial score (nSPS) is 15.2. The number of likely N-dealkylation sites (tertiary alicyclic amines) is 1. The van der Waals surface area contributed by atoms with E-state index >= 15 is 0 Å². The first-order chi connectivity index (χ1) is 16.0. The summed E-state index contributed by atoms with van der Waals surface area (Å²) in [5.41, 5.74) is 3.51. The number of hydrogen-bond donors (Lipinski definition) is 3. The summed E-state index contributed by atoms with van der Waals surface area (Å²) in [7, 11) is 0. The standard InChI is InChI=1S/C25H27N5O2S/c1-16-27-22(15-33-16)21-14-18-6-10-26-25(32)23(18)24(29-21)28-19-4-2-17(3-5-19)7-11-30-12-8-20(31)9-13-30/h2-6,10,14-15,20,31H,7-9,11-13H2,1H3,(H,26,32)(H,28,29). The second-order valence-corrected chi connectivity index (χ2v) is 9.59. The highest BCUT2D eigenvalue weighted by atomic mass is 32.1. The van der Waals surface area contributed by atoms with Gasteiger partial charge < -0.3 is 20.3 Å². The molecule has 0 unspecified atom stereocenters. The number of fused-ring (bicyclic) bond motifs is 1. The van der Waals surface area contributed by atoms with Crippen LogP contribution in [-0.2, 0) is 6.42 Å². The van der Waals surface area contributed by atoms with Crippen LogP contribution in [-0.4, -0.2) is 50.7 Å². The van der Waals surface area contributed by atoms with Crippen molar-refractivity contribution in [2.75, 3.05) is 25.0 Å². The van der Waals surface area contributed by atoms with Crippen molar-refractivity contribution in [1.29, 1.82) is 0 Å². The van der Waals surface area contributed by atoms with E-state index in [2.05, 4.69) is 32.3 Å². The van der Waals surface area contributed by atoms with Crippen LogP contribution in [0.4, 0.5) is 11.5 Å². The Kier molecular flexibility index (Phi) is 6.22. The van der Waals surface area contributed by atoms with Crippen LogP contribution in [0.2, 0.25) is 0 Å². The lowest BCUT2D eigenvalue weighted by Gasteiger charge is -2.29. The minimum absolute atomic E-state index is 0.137. The van der Waals surface area contributed by atoms with Gasteiger partial charge in [-0.25, -0.2) is 9.97 Å². The number of rotatable bonds is 6. The summed E-state index contributed by atoms with van der Waals surface area (Å²) in [5.74, 6) is 0.523. The second kappa shape index (κ2) is 9.43. The summed E-state index contributed by atoms with van der Waals surface area (Å²) in [5, 5.41) is 17.3.